The molecule has 2 aromatic carbocycles. The van der Waals surface area contributed by atoms with Crippen LogP contribution in [0.15, 0.2) is 42.5 Å². The van der Waals surface area contributed by atoms with Crippen molar-refractivity contribution < 1.29 is 14.0 Å². The Labute approximate surface area is 148 Å². The predicted molar refractivity (Wildman–Crippen MR) is 89.3 cm³/mol. The Hall–Kier alpha value is -2.11. The van der Waals surface area contributed by atoms with Gasteiger partial charge in [-0.1, -0.05) is 41.4 Å². The number of imide groups is 1. The first-order valence-corrected chi connectivity index (χ1v) is 7.91. The fourth-order valence-electron chi connectivity index (χ4n) is 2.69. The number of rotatable bonds is 3. The van der Waals surface area contributed by atoms with Crippen LogP contribution in [0.25, 0.3) is 0 Å². The SMILES string of the molecule is CC1(c2ccc(Cl)cc2Cl)NC(=O)N(Cc2ccc(F)cc2)C1=O. The molecule has 3 rings (SSSR count). The van der Waals surface area contributed by atoms with Crippen molar-refractivity contribution in [3.8, 4) is 0 Å². The molecule has 1 aliphatic rings. The molecule has 1 heterocycles. The summed E-state index contributed by atoms with van der Waals surface area (Å²) in [5.74, 6) is -0.810. The van der Waals surface area contributed by atoms with E-state index >= 15 is 0 Å². The fraction of sp³-hybridized carbons (Fsp3) is 0.176. The van der Waals surface area contributed by atoms with Gasteiger partial charge in [0.25, 0.3) is 5.91 Å². The van der Waals surface area contributed by atoms with Crippen LogP contribution in [-0.2, 0) is 16.9 Å². The Morgan fingerprint density at radius 1 is 1.12 bits per heavy atom. The van der Waals surface area contributed by atoms with E-state index in [2.05, 4.69) is 5.32 Å². The minimum Gasteiger partial charge on any atom is -0.319 e. The maximum Gasteiger partial charge on any atom is 0.325 e. The van der Waals surface area contributed by atoms with Gasteiger partial charge in [-0.25, -0.2) is 9.18 Å². The lowest BCUT2D eigenvalue weighted by Crippen LogP contribution is -2.41. The second-order valence-corrected chi connectivity index (χ2v) is 6.54. The summed E-state index contributed by atoms with van der Waals surface area (Å²) in [4.78, 5) is 26.2. The fourth-order valence-corrected chi connectivity index (χ4v) is 3.29. The van der Waals surface area contributed by atoms with E-state index in [9.17, 15) is 14.0 Å². The first kappa shape index (κ1) is 16.7. The molecule has 0 aromatic heterocycles. The van der Waals surface area contributed by atoms with Crippen LogP contribution < -0.4 is 5.32 Å². The molecular formula is C17H13Cl2FN2O2. The Morgan fingerprint density at radius 2 is 1.79 bits per heavy atom. The van der Waals surface area contributed by atoms with Crippen LogP contribution in [0, 0.1) is 5.82 Å². The largest absolute Gasteiger partial charge is 0.325 e. The van der Waals surface area contributed by atoms with E-state index in [-0.39, 0.29) is 12.4 Å². The van der Waals surface area contributed by atoms with Gasteiger partial charge < -0.3 is 5.32 Å². The van der Waals surface area contributed by atoms with Crippen LogP contribution >= 0.6 is 23.2 Å². The predicted octanol–water partition coefficient (Wildman–Crippen LogP) is 4.10. The van der Waals surface area contributed by atoms with Crippen LogP contribution in [0.5, 0.6) is 0 Å². The van der Waals surface area contributed by atoms with E-state index in [1.165, 1.54) is 30.3 Å². The van der Waals surface area contributed by atoms with Gasteiger partial charge in [-0.15, -0.1) is 0 Å². The van der Waals surface area contributed by atoms with Gasteiger partial charge in [0.2, 0.25) is 0 Å². The number of urea groups is 1. The molecule has 4 nitrogen and oxygen atoms in total. The van der Waals surface area contributed by atoms with Gasteiger partial charge in [-0.2, -0.15) is 0 Å². The molecule has 1 N–H and O–H groups in total. The van der Waals surface area contributed by atoms with Gasteiger partial charge in [-0.05, 0) is 36.8 Å². The molecule has 0 saturated carbocycles. The quantitative estimate of drug-likeness (QED) is 0.831. The molecule has 124 valence electrons. The van der Waals surface area contributed by atoms with E-state index in [1.54, 1.807) is 19.1 Å². The van der Waals surface area contributed by atoms with E-state index in [0.29, 0.717) is 21.2 Å². The highest BCUT2D eigenvalue weighted by Crippen LogP contribution is 2.35. The zero-order valence-electron chi connectivity index (χ0n) is 12.6. The molecule has 3 amide bonds. The standard InChI is InChI=1S/C17H13Cl2FN2O2/c1-17(13-7-4-11(18)8-14(13)19)15(23)22(16(24)21-17)9-10-2-5-12(20)6-3-10/h2-8H,9H2,1H3,(H,21,24). The molecule has 1 saturated heterocycles. The highest BCUT2D eigenvalue weighted by atomic mass is 35.5. The molecule has 1 unspecified atom stereocenters. The van der Waals surface area contributed by atoms with Crippen molar-refractivity contribution in [1.29, 1.82) is 0 Å². The number of hydrogen-bond acceptors (Lipinski definition) is 2. The molecule has 1 atom stereocenters. The van der Waals surface area contributed by atoms with E-state index in [4.69, 9.17) is 23.2 Å². The number of carbonyl (C=O) groups excluding carboxylic acids is 2. The van der Waals surface area contributed by atoms with Crippen molar-refractivity contribution in [2.45, 2.75) is 19.0 Å². The van der Waals surface area contributed by atoms with Gasteiger partial charge in [-0.3, -0.25) is 9.69 Å². The lowest BCUT2D eigenvalue weighted by Gasteiger charge is -2.23. The third-order valence-corrected chi connectivity index (χ3v) is 4.55. The monoisotopic (exact) mass is 366 g/mol. The Bertz CT molecular complexity index is 826. The second kappa shape index (κ2) is 6.07. The highest BCUT2D eigenvalue weighted by molar-refractivity contribution is 6.35. The smallest absolute Gasteiger partial charge is 0.319 e. The number of carbonyl (C=O) groups is 2. The lowest BCUT2D eigenvalue weighted by atomic mass is 9.92. The molecule has 2 aromatic rings. The Kier molecular flexibility index (Phi) is 4.24. The molecule has 1 fully saturated rings. The van der Waals surface area contributed by atoms with E-state index in [1.807, 2.05) is 0 Å². The minimum atomic E-state index is -1.28. The van der Waals surface area contributed by atoms with Crippen LogP contribution in [0.3, 0.4) is 0 Å². The highest BCUT2D eigenvalue weighted by Gasteiger charge is 2.49. The molecule has 1 aliphatic heterocycles. The van der Waals surface area contributed by atoms with Gasteiger partial charge in [0.05, 0.1) is 6.54 Å². The Balaban J connectivity index is 1.91. The first-order chi connectivity index (χ1) is 11.3. The average molecular weight is 367 g/mol. The number of nitrogens with one attached hydrogen (secondary N) is 1. The number of amides is 3. The van der Waals surface area contributed by atoms with Crippen molar-refractivity contribution >= 4 is 35.1 Å². The normalized spacial score (nSPS) is 20.4. The third kappa shape index (κ3) is 2.85. The zero-order chi connectivity index (χ0) is 17.5. The van der Waals surface area contributed by atoms with Crippen molar-refractivity contribution in [2.75, 3.05) is 0 Å². The third-order valence-electron chi connectivity index (χ3n) is 4.00. The summed E-state index contributed by atoms with van der Waals surface area (Å²) in [6.07, 6.45) is 0. The number of hydrogen-bond donors (Lipinski definition) is 1. The van der Waals surface area contributed by atoms with Gasteiger partial charge >= 0.3 is 6.03 Å². The summed E-state index contributed by atoms with van der Waals surface area (Å²) in [5.41, 5.74) is -0.168. The summed E-state index contributed by atoms with van der Waals surface area (Å²) in [5, 5.41) is 3.41. The van der Waals surface area contributed by atoms with Crippen molar-refractivity contribution in [3.05, 3.63) is 69.5 Å². The average Bonchev–Trinajstić information content (AvgIpc) is 2.73. The maximum absolute atomic E-state index is 13.0. The molecular weight excluding hydrogens is 354 g/mol. The molecule has 0 aliphatic carbocycles. The number of halogens is 3. The Morgan fingerprint density at radius 3 is 2.42 bits per heavy atom. The summed E-state index contributed by atoms with van der Waals surface area (Å²) >= 11 is 12.1. The van der Waals surface area contributed by atoms with Gasteiger partial charge in [0.1, 0.15) is 11.4 Å². The molecule has 0 spiro atoms. The summed E-state index contributed by atoms with van der Waals surface area (Å²) in [6, 6.07) is 9.83. The van der Waals surface area contributed by atoms with E-state index in [0.717, 1.165) is 4.90 Å². The topological polar surface area (TPSA) is 49.4 Å². The molecule has 0 bridgehead atoms. The second-order valence-electron chi connectivity index (χ2n) is 5.70. The molecule has 24 heavy (non-hydrogen) atoms. The van der Waals surface area contributed by atoms with Crippen molar-refractivity contribution in [2.24, 2.45) is 0 Å². The zero-order valence-corrected chi connectivity index (χ0v) is 14.2. The molecule has 0 radical (unpaired) electrons. The summed E-state index contributed by atoms with van der Waals surface area (Å²) in [7, 11) is 0. The maximum atomic E-state index is 13.0. The van der Waals surface area contributed by atoms with Crippen molar-refractivity contribution in [3.63, 3.8) is 0 Å². The summed E-state index contributed by atoms with van der Waals surface area (Å²) < 4.78 is 13.0. The number of benzene rings is 2. The van der Waals surface area contributed by atoms with Crippen LogP contribution in [-0.4, -0.2) is 16.8 Å². The van der Waals surface area contributed by atoms with Crippen molar-refractivity contribution in [1.82, 2.24) is 10.2 Å². The van der Waals surface area contributed by atoms with Crippen LogP contribution in [0.4, 0.5) is 9.18 Å². The minimum absolute atomic E-state index is 0.0474. The van der Waals surface area contributed by atoms with Crippen LogP contribution in [0.1, 0.15) is 18.1 Å². The number of nitrogens with zero attached hydrogens (tertiary/aromatic N) is 1. The van der Waals surface area contributed by atoms with E-state index < -0.39 is 17.5 Å². The molecule has 7 heteroatoms. The first-order valence-electron chi connectivity index (χ1n) is 7.15. The summed E-state index contributed by atoms with van der Waals surface area (Å²) in [6.45, 7) is 1.64. The van der Waals surface area contributed by atoms with Gasteiger partial charge in [0, 0.05) is 15.6 Å². The van der Waals surface area contributed by atoms with Crippen LogP contribution in [0.2, 0.25) is 10.0 Å². The lowest BCUT2D eigenvalue weighted by molar-refractivity contribution is -0.131. The van der Waals surface area contributed by atoms with Gasteiger partial charge in [0.15, 0.2) is 0 Å².